The van der Waals surface area contributed by atoms with Crippen molar-refractivity contribution in [2.24, 2.45) is 0 Å². The van der Waals surface area contributed by atoms with E-state index in [9.17, 15) is 9.90 Å². The number of benzene rings is 1. The first-order valence-corrected chi connectivity index (χ1v) is 6.83. The van der Waals surface area contributed by atoms with Crippen LogP contribution < -0.4 is 10.9 Å². The number of carbonyl (C=O) groups excluding carboxylic acids is 1. The van der Waals surface area contributed by atoms with Crippen molar-refractivity contribution in [2.75, 3.05) is 0 Å². The third-order valence-electron chi connectivity index (χ3n) is 2.84. The van der Waals surface area contributed by atoms with E-state index in [1.54, 1.807) is 18.3 Å². The number of nitrogens with one attached hydrogen (secondary N) is 2. The van der Waals surface area contributed by atoms with Gasteiger partial charge >= 0.3 is 0 Å². The third kappa shape index (κ3) is 3.86. The predicted molar refractivity (Wildman–Crippen MR) is 77.5 cm³/mol. The molecule has 0 unspecified atom stereocenters. The lowest BCUT2D eigenvalue weighted by molar-refractivity contribution is 0.0938. The van der Waals surface area contributed by atoms with Crippen LogP contribution in [0.4, 0.5) is 0 Å². The number of phenols is 1. The summed E-state index contributed by atoms with van der Waals surface area (Å²) in [5.41, 5.74) is 6.79. The Hall–Kier alpha value is -1.75. The molecule has 1 aliphatic carbocycles. The van der Waals surface area contributed by atoms with Crippen molar-refractivity contribution in [2.45, 2.75) is 19.3 Å². The molecule has 0 saturated heterocycles. The van der Waals surface area contributed by atoms with E-state index in [2.05, 4.69) is 38.9 Å². The van der Waals surface area contributed by atoms with Crippen LogP contribution in [0.2, 0.25) is 0 Å². The van der Waals surface area contributed by atoms with Gasteiger partial charge in [-0.15, -0.1) is 0 Å². The fourth-order valence-corrected chi connectivity index (χ4v) is 2.18. The summed E-state index contributed by atoms with van der Waals surface area (Å²) in [7, 11) is 0. The maximum atomic E-state index is 11.9. The molecular formula is C14H15BrN2O2. The Morgan fingerprint density at radius 3 is 2.95 bits per heavy atom. The Bertz CT molecular complexity index is 538. The minimum atomic E-state index is -0.373. The van der Waals surface area contributed by atoms with E-state index in [4.69, 9.17) is 0 Å². The molecule has 3 N–H and O–H groups in total. The fourth-order valence-electron chi connectivity index (χ4n) is 1.82. The Balaban J connectivity index is 1.94. The highest BCUT2D eigenvalue weighted by atomic mass is 79.9. The number of aromatic hydroxyl groups is 1. The van der Waals surface area contributed by atoms with Gasteiger partial charge < -0.3 is 10.5 Å². The van der Waals surface area contributed by atoms with Crippen LogP contribution in [0.5, 0.6) is 5.75 Å². The van der Waals surface area contributed by atoms with Crippen molar-refractivity contribution in [3.63, 3.8) is 0 Å². The molecule has 100 valence electrons. The van der Waals surface area contributed by atoms with Crippen LogP contribution in [0.3, 0.4) is 0 Å². The maximum Gasteiger partial charge on any atom is 0.273 e. The number of rotatable bonds is 3. The van der Waals surface area contributed by atoms with E-state index >= 15 is 0 Å². The molecule has 0 spiro atoms. The smallest absolute Gasteiger partial charge is 0.273 e. The monoisotopic (exact) mass is 322 g/mol. The van der Waals surface area contributed by atoms with Crippen molar-refractivity contribution in [3.05, 3.63) is 52.2 Å². The zero-order chi connectivity index (χ0) is 13.7. The van der Waals surface area contributed by atoms with Crippen molar-refractivity contribution in [3.8, 4) is 5.75 Å². The highest BCUT2D eigenvalue weighted by molar-refractivity contribution is 9.10. The van der Waals surface area contributed by atoms with Crippen LogP contribution in [0.1, 0.15) is 29.6 Å². The maximum absolute atomic E-state index is 11.9. The van der Waals surface area contributed by atoms with Gasteiger partial charge in [-0.3, -0.25) is 10.2 Å². The molecule has 1 amide bonds. The van der Waals surface area contributed by atoms with E-state index in [1.165, 1.54) is 11.6 Å². The number of amides is 1. The molecule has 1 aromatic rings. The first-order valence-electron chi connectivity index (χ1n) is 6.04. The van der Waals surface area contributed by atoms with Crippen molar-refractivity contribution >= 4 is 21.8 Å². The molecule has 0 radical (unpaired) electrons. The summed E-state index contributed by atoms with van der Waals surface area (Å²) in [6, 6.07) is 4.72. The van der Waals surface area contributed by atoms with E-state index in [0.717, 1.165) is 23.7 Å². The van der Waals surface area contributed by atoms with E-state index in [-0.39, 0.29) is 17.2 Å². The fraction of sp³-hybridized carbons (Fsp3) is 0.214. The van der Waals surface area contributed by atoms with Crippen LogP contribution >= 0.6 is 15.9 Å². The van der Waals surface area contributed by atoms with Gasteiger partial charge in [-0.05, 0) is 43.0 Å². The molecule has 0 saturated carbocycles. The molecule has 5 heteroatoms. The number of hydrazine groups is 1. The van der Waals surface area contributed by atoms with Crippen molar-refractivity contribution < 1.29 is 9.90 Å². The average molecular weight is 323 g/mol. The third-order valence-corrected chi connectivity index (χ3v) is 3.34. The molecule has 0 atom stereocenters. The molecule has 0 aromatic heterocycles. The van der Waals surface area contributed by atoms with Gasteiger partial charge in [-0.25, -0.2) is 0 Å². The Morgan fingerprint density at radius 2 is 2.21 bits per heavy atom. The zero-order valence-corrected chi connectivity index (χ0v) is 11.9. The molecule has 1 aromatic carbocycles. The zero-order valence-electron chi connectivity index (χ0n) is 10.3. The molecule has 19 heavy (non-hydrogen) atoms. The van der Waals surface area contributed by atoms with Crippen molar-refractivity contribution in [1.82, 2.24) is 10.9 Å². The average Bonchev–Trinajstić information content (AvgIpc) is 2.42. The van der Waals surface area contributed by atoms with Crippen LogP contribution in [0, 0.1) is 0 Å². The van der Waals surface area contributed by atoms with Gasteiger partial charge in [0.05, 0.1) is 5.56 Å². The summed E-state index contributed by atoms with van der Waals surface area (Å²) in [6.07, 6.45) is 9.01. The topological polar surface area (TPSA) is 61.4 Å². The molecule has 0 aliphatic heterocycles. The predicted octanol–water partition coefficient (Wildman–Crippen LogP) is 3.01. The van der Waals surface area contributed by atoms with Crippen LogP contribution in [0.15, 0.2) is 46.6 Å². The van der Waals surface area contributed by atoms with E-state index in [0.29, 0.717) is 0 Å². The lowest BCUT2D eigenvalue weighted by atomic mass is 10.0. The number of halogens is 1. The Labute approximate surface area is 120 Å². The molecular weight excluding hydrogens is 308 g/mol. The lowest BCUT2D eigenvalue weighted by Crippen LogP contribution is -2.33. The lowest BCUT2D eigenvalue weighted by Gasteiger charge is -2.10. The number of carbonyl (C=O) groups is 1. The minimum absolute atomic E-state index is 0.0456. The number of hydrogen-bond donors (Lipinski definition) is 3. The molecule has 0 bridgehead atoms. The van der Waals surface area contributed by atoms with Gasteiger partial charge in [0.25, 0.3) is 5.91 Å². The highest BCUT2D eigenvalue weighted by Crippen LogP contribution is 2.21. The van der Waals surface area contributed by atoms with Crippen LogP contribution in [0.25, 0.3) is 0 Å². The van der Waals surface area contributed by atoms with Gasteiger partial charge in [0, 0.05) is 10.7 Å². The van der Waals surface area contributed by atoms with Crippen molar-refractivity contribution in [1.29, 1.82) is 0 Å². The highest BCUT2D eigenvalue weighted by Gasteiger charge is 2.10. The summed E-state index contributed by atoms with van der Waals surface area (Å²) >= 11 is 3.26. The molecule has 1 aliphatic rings. The van der Waals surface area contributed by atoms with Gasteiger partial charge in [-0.2, -0.15) is 0 Å². The molecule has 4 nitrogen and oxygen atoms in total. The molecule has 0 heterocycles. The SMILES string of the molecule is O=C(NN/C=C1\CC=CCC1)c1cc(Br)ccc1O. The normalized spacial score (nSPS) is 16.4. The molecule has 2 rings (SSSR count). The van der Waals surface area contributed by atoms with Gasteiger partial charge in [-0.1, -0.05) is 28.1 Å². The summed E-state index contributed by atoms with van der Waals surface area (Å²) < 4.78 is 0.742. The quantitative estimate of drug-likeness (QED) is 0.592. The van der Waals surface area contributed by atoms with Gasteiger partial charge in [0.1, 0.15) is 5.75 Å². The summed E-state index contributed by atoms with van der Waals surface area (Å²) in [6.45, 7) is 0. The summed E-state index contributed by atoms with van der Waals surface area (Å²) in [5, 5.41) is 9.62. The second-order valence-electron chi connectivity index (χ2n) is 4.28. The second kappa shape index (κ2) is 6.43. The largest absolute Gasteiger partial charge is 0.507 e. The summed E-state index contributed by atoms with van der Waals surface area (Å²) in [5.74, 6) is -0.419. The van der Waals surface area contributed by atoms with Crippen LogP contribution in [-0.4, -0.2) is 11.0 Å². The number of hydrogen-bond acceptors (Lipinski definition) is 3. The van der Waals surface area contributed by atoms with E-state index in [1.807, 2.05) is 0 Å². The Morgan fingerprint density at radius 1 is 1.37 bits per heavy atom. The first kappa shape index (κ1) is 13.7. The Kier molecular flexibility index (Phi) is 4.63. The first-order chi connectivity index (χ1) is 9.16. The van der Waals surface area contributed by atoms with Gasteiger partial charge in [0.15, 0.2) is 0 Å². The standard InChI is InChI=1S/C14H15BrN2O2/c15-11-6-7-13(18)12(8-11)14(19)17-16-9-10-4-2-1-3-5-10/h1-2,6-9,16,18H,3-5H2,(H,17,19)/b10-9+. The van der Waals surface area contributed by atoms with E-state index < -0.39 is 0 Å². The van der Waals surface area contributed by atoms with Crippen LogP contribution in [-0.2, 0) is 0 Å². The minimum Gasteiger partial charge on any atom is -0.507 e. The second-order valence-corrected chi connectivity index (χ2v) is 5.19. The van der Waals surface area contributed by atoms with Gasteiger partial charge in [0.2, 0.25) is 0 Å². The number of allylic oxidation sites excluding steroid dienone is 3. The molecule has 0 fully saturated rings. The number of phenolic OH excluding ortho intramolecular Hbond substituents is 1. The summed E-state index contributed by atoms with van der Waals surface area (Å²) in [4.78, 5) is 11.9.